The van der Waals surface area contributed by atoms with E-state index in [1.807, 2.05) is 12.3 Å². The zero-order valence-electron chi connectivity index (χ0n) is 14.1. The third-order valence-corrected chi connectivity index (χ3v) is 4.41. The normalized spacial score (nSPS) is 17.6. The van der Waals surface area contributed by atoms with E-state index in [1.54, 1.807) is 6.20 Å². The number of rotatable bonds is 3. The highest BCUT2D eigenvalue weighted by Crippen LogP contribution is 2.32. The average molecular weight is 335 g/mol. The SMILES string of the molecule is Cc1cccc(-c2cnc(N)nc2-c2c[nH]c(C3COCCN3)c2)c1. The molecule has 1 aliphatic rings. The second kappa shape index (κ2) is 6.66. The molecule has 0 radical (unpaired) electrons. The zero-order chi connectivity index (χ0) is 17.2. The number of nitrogen functional groups attached to an aromatic ring is 1. The molecule has 0 saturated carbocycles. The molecule has 2 aromatic heterocycles. The minimum Gasteiger partial charge on any atom is -0.378 e. The van der Waals surface area contributed by atoms with E-state index in [2.05, 4.69) is 51.5 Å². The molecule has 1 saturated heterocycles. The van der Waals surface area contributed by atoms with Crippen molar-refractivity contribution in [2.75, 3.05) is 25.5 Å². The average Bonchev–Trinajstić information content (AvgIpc) is 3.12. The van der Waals surface area contributed by atoms with Crippen LogP contribution in [0.2, 0.25) is 0 Å². The highest BCUT2D eigenvalue weighted by atomic mass is 16.5. The molecule has 1 unspecified atom stereocenters. The van der Waals surface area contributed by atoms with E-state index in [0.717, 1.165) is 41.2 Å². The summed E-state index contributed by atoms with van der Waals surface area (Å²) in [6.45, 7) is 4.35. The lowest BCUT2D eigenvalue weighted by Crippen LogP contribution is -2.34. The van der Waals surface area contributed by atoms with Crippen LogP contribution in [-0.4, -0.2) is 34.7 Å². The second-order valence-electron chi connectivity index (χ2n) is 6.29. The predicted octanol–water partition coefficient (Wildman–Crippen LogP) is 2.69. The number of aromatic nitrogens is 3. The number of aromatic amines is 1. The fraction of sp³-hybridized carbons (Fsp3) is 0.263. The number of anilines is 1. The van der Waals surface area contributed by atoms with Crippen LogP contribution in [-0.2, 0) is 4.74 Å². The van der Waals surface area contributed by atoms with Gasteiger partial charge in [0.15, 0.2) is 0 Å². The molecule has 1 aromatic carbocycles. The van der Waals surface area contributed by atoms with E-state index in [0.29, 0.717) is 6.61 Å². The minimum absolute atomic E-state index is 0.170. The topological polar surface area (TPSA) is 88.9 Å². The van der Waals surface area contributed by atoms with E-state index in [4.69, 9.17) is 10.5 Å². The smallest absolute Gasteiger partial charge is 0.220 e. The standard InChI is InChI=1S/C19H21N5O/c1-12-3-2-4-13(7-12)15-10-23-19(20)24-18(15)14-8-16(22-9-14)17-11-25-6-5-21-17/h2-4,7-10,17,21-22H,5-6,11H2,1H3,(H2,20,23,24). The van der Waals surface area contributed by atoms with Crippen molar-refractivity contribution in [2.45, 2.75) is 13.0 Å². The molecule has 25 heavy (non-hydrogen) atoms. The van der Waals surface area contributed by atoms with Crippen molar-refractivity contribution in [1.29, 1.82) is 0 Å². The van der Waals surface area contributed by atoms with Crippen LogP contribution in [0.15, 0.2) is 42.7 Å². The lowest BCUT2D eigenvalue weighted by atomic mass is 10.0. The number of H-pyrrole nitrogens is 1. The molecule has 128 valence electrons. The summed E-state index contributed by atoms with van der Waals surface area (Å²) in [5, 5.41) is 3.45. The summed E-state index contributed by atoms with van der Waals surface area (Å²) in [5.74, 6) is 0.272. The summed E-state index contributed by atoms with van der Waals surface area (Å²) in [4.78, 5) is 12.0. The van der Waals surface area contributed by atoms with Crippen LogP contribution in [0.25, 0.3) is 22.4 Å². The number of aryl methyl sites for hydroxylation is 1. The van der Waals surface area contributed by atoms with Crippen LogP contribution < -0.4 is 11.1 Å². The first-order valence-corrected chi connectivity index (χ1v) is 8.40. The molecule has 4 N–H and O–H groups in total. The molecule has 0 amide bonds. The van der Waals surface area contributed by atoms with E-state index in [9.17, 15) is 0 Å². The van der Waals surface area contributed by atoms with Gasteiger partial charge < -0.3 is 20.8 Å². The third kappa shape index (κ3) is 3.26. The highest BCUT2D eigenvalue weighted by Gasteiger charge is 2.19. The van der Waals surface area contributed by atoms with Gasteiger partial charge in [0.2, 0.25) is 5.95 Å². The van der Waals surface area contributed by atoms with Crippen molar-refractivity contribution in [3.63, 3.8) is 0 Å². The predicted molar refractivity (Wildman–Crippen MR) is 98.0 cm³/mol. The summed E-state index contributed by atoms with van der Waals surface area (Å²) in [5.41, 5.74) is 12.0. The number of ether oxygens (including phenoxy) is 1. The number of hydrogen-bond acceptors (Lipinski definition) is 5. The Balaban J connectivity index is 1.75. The van der Waals surface area contributed by atoms with E-state index >= 15 is 0 Å². The molecule has 6 heteroatoms. The number of nitrogens with zero attached hydrogens (tertiary/aromatic N) is 2. The summed E-state index contributed by atoms with van der Waals surface area (Å²) >= 11 is 0. The fourth-order valence-corrected chi connectivity index (χ4v) is 3.15. The largest absolute Gasteiger partial charge is 0.378 e. The Bertz CT molecular complexity index is 883. The van der Waals surface area contributed by atoms with Gasteiger partial charge in [0.25, 0.3) is 0 Å². The van der Waals surface area contributed by atoms with E-state index in [1.165, 1.54) is 5.56 Å². The van der Waals surface area contributed by atoms with Crippen LogP contribution in [0.4, 0.5) is 5.95 Å². The van der Waals surface area contributed by atoms with Crippen LogP contribution in [0.1, 0.15) is 17.3 Å². The van der Waals surface area contributed by atoms with Gasteiger partial charge in [-0.15, -0.1) is 0 Å². The van der Waals surface area contributed by atoms with Gasteiger partial charge in [0.05, 0.1) is 24.9 Å². The molecule has 0 aliphatic carbocycles. The van der Waals surface area contributed by atoms with Crippen molar-refractivity contribution in [3.05, 3.63) is 54.0 Å². The van der Waals surface area contributed by atoms with Gasteiger partial charge in [0, 0.05) is 35.8 Å². The molecular weight excluding hydrogens is 314 g/mol. The highest BCUT2D eigenvalue weighted by molar-refractivity contribution is 5.81. The Morgan fingerprint density at radius 1 is 1.24 bits per heavy atom. The number of benzene rings is 1. The molecule has 1 aliphatic heterocycles. The summed E-state index contributed by atoms with van der Waals surface area (Å²) in [6.07, 6.45) is 3.76. The molecule has 0 bridgehead atoms. The number of hydrogen-bond donors (Lipinski definition) is 3. The maximum atomic E-state index is 5.86. The van der Waals surface area contributed by atoms with Gasteiger partial charge in [-0.2, -0.15) is 0 Å². The van der Waals surface area contributed by atoms with Gasteiger partial charge in [-0.3, -0.25) is 0 Å². The van der Waals surface area contributed by atoms with Crippen molar-refractivity contribution in [1.82, 2.24) is 20.3 Å². The van der Waals surface area contributed by atoms with Crippen molar-refractivity contribution >= 4 is 5.95 Å². The maximum Gasteiger partial charge on any atom is 0.220 e. The molecule has 0 spiro atoms. The number of nitrogens with one attached hydrogen (secondary N) is 2. The summed E-state index contributed by atoms with van der Waals surface area (Å²) in [7, 11) is 0. The molecule has 1 atom stereocenters. The van der Waals surface area contributed by atoms with E-state index in [-0.39, 0.29) is 12.0 Å². The van der Waals surface area contributed by atoms with Crippen molar-refractivity contribution in [2.24, 2.45) is 0 Å². The number of morpholine rings is 1. The van der Waals surface area contributed by atoms with Crippen LogP contribution in [0.3, 0.4) is 0 Å². The Hall–Kier alpha value is -2.70. The maximum absolute atomic E-state index is 5.86. The first kappa shape index (κ1) is 15.8. The first-order valence-electron chi connectivity index (χ1n) is 8.40. The second-order valence-corrected chi connectivity index (χ2v) is 6.29. The van der Waals surface area contributed by atoms with Gasteiger partial charge in [0.1, 0.15) is 0 Å². The molecule has 6 nitrogen and oxygen atoms in total. The molecule has 3 heterocycles. The molecular formula is C19H21N5O. The Morgan fingerprint density at radius 2 is 2.16 bits per heavy atom. The Labute approximate surface area is 146 Å². The number of nitrogens with two attached hydrogens (primary N) is 1. The first-order chi connectivity index (χ1) is 12.2. The third-order valence-electron chi connectivity index (χ3n) is 4.41. The van der Waals surface area contributed by atoms with Gasteiger partial charge >= 0.3 is 0 Å². The summed E-state index contributed by atoms with van der Waals surface area (Å²) < 4.78 is 5.55. The quantitative estimate of drug-likeness (QED) is 0.685. The minimum atomic E-state index is 0.170. The monoisotopic (exact) mass is 335 g/mol. The fourth-order valence-electron chi connectivity index (χ4n) is 3.15. The van der Waals surface area contributed by atoms with Crippen LogP contribution in [0, 0.1) is 6.92 Å². The van der Waals surface area contributed by atoms with Crippen molar-refractivity contribution in [3.8, 4) is 22.4 Å². The zero-order valence-corrected chi connectivity index (χ0v) is 14.1. The Kier molecular flexibility index (Phi) is 4.21. The molecule has 3 aromatic rings. The van der Waals surface area contributed by atoms with E-state index < -0.39 is 0 Å². The van der Waals surface area contributed by atoms with Crippen LogP contribution in [0.5, 0.6) is 0 Å². The van der Waals surface area contributed by atoms with Gasteiger partial charge in [-0.1, -0.05) is 29.8 Å². The lowest BCUT2D eigenvalue weighted by Gasteiger charge is -2.22. The van der Waals surface area contributed by atoms with Gasteiger partial charge in [-0.25, -0.2) is 9.97 Å². The molecule has 4 rings (SSSR count). The van der Waals surface area contributed by atoms with Crippen LogP contribution >= 0.6 is 0 Å². The van der Waals surface area contributed by atoms with Gasteiger partial charge in [-0.05, 0) is 18.6 Å². The Morgan fingerprint density at radius 3 is 2.96 bits per heavy atom. The summed E-state index contributed by atoms with van der Waals surface area (Å²) in [6, 6.07) is 10.6. The van der Waals surface area contributed by atoms with Crippen molar-refractivity contribution < 1.29 is 4.74 Å². The lowest BCUT2D eigenvalue weighted by molar-refractivity contribution is 0.0758. The molecule has 1 fully saturated rings.